The van der Waals surface area contributed by atoms with Gasteiger partial charge >= 0.3 is 5.97 Å². The molecule has 1 rings (SSSR count). The maximum absolute atomic E-state index is 12.5. The van der Waals surface area contributed by atoms with Crippen LogP contribution in [0.25, 0.3) is 0 Å². The number of benzene rings is 1. The summed E-state index contributed by atoms with van der Waals surface area (Å²) in [5.74, 6) is -1.22. The van der Waals surface area contributed by atoms with Crippen molar-refractivity contribution in [1.82, 2.24) is 4.31 Å². The Hall–Kier alpha value is -0.960. The van der Waals surface area contributed by atoms with Crippen LogP contribution in [0.2, 0.25) is 0 Å². The highest BCUT2D eigenvalue weighted by atomic mass is 79.9. The van der Waals surface area contributed by atoms with Crippen molar-refractivity contribution in [2.75, 3.05) is 13.1 Å². The molecule has 0 radical (unpaired) electrons. The molecule has 0 fully saturated rings. The van der Waals surface area contributed by atoms with Crippen LogP contribution in [-0.2, 0) is 10.0 Å². The molecule has 0 bridgehead atoms. The molecule has 0 spiro atoms. The van der Waals surface area contributed by atoms with Crippen LogP contribution in [0.5, 0.6) is 0 Å². The molecule has 6 nitrogen and oxygen atoms in total. The summed E-state index contributed by atoms with van der Waals surface area (Å²) < 4.78 is 26.5. The number of likely N-dealkylation sites (N-methyl/N-ethyl adjacent to an activating group) is 1. The molecule has 0 aliphatic rings. The number of hydrogen-bond acceptors (Lipinski definition) is 4. The second-order valence-corrected chi connectivity index (χ2v) is 7.98. The second kappa shape index (κ2) is 6.43. The fourth-order valence-corrected chi connectivity index (χ4v) is 3.82. The maximum atomic E-state index is 12.5. The van der Waals surface area contributed by atoms with Gasteiger partial charge in [0, 0.05) is 17.6 Å². The molecule has 1 aromatic rings. The predicted molar refractivity (Wildman–Crippen MR) is 81.8 cm³/mol. The molecule has 8 heteroatoms. The monoisotopic (exact) mass is 379 g/mol. The smallest absolute Gasteiger partial charge is 0.336 e. The van der Waals surface area contributed by atoms with E-state index in [0.29, 0.717) is 4.47 Å². The molecule has 0 aliphatic heterocycles. The lowest BCUT2D eigenvalue weighted by atomic mass is 10.1. The molecular formula is C13H18BrNO5S. The van der Waals surface area contributed by atoms with Gasteiger partial charge in [-0.1, -0.05) is 6.92 Å². The van der Waals surface area contributed by atoms with Crippen molar-refractivity contribution in [3.8, 4) is 0 Å². The Kier molecular flexibility index (Phi) is 5.54. The van der Waals surface area contributed by atoms with Crippen molar-refractivity contribution in [3.05, 3.63) is 28.2 Å². The van der Waals surface area contributed by atoms with E-state index in [1.165, 1.54) is 26.0 Å². The van der Waals surface area contributed by atoms with E-state index in [-0.39, 0.29) is 23.5 Å². The van der Waals surface area contributed by atoms with Gasteiger partial charge < -0.3 is 10.2 Å². The molecule has 0 atom stereocenters. The topological polar surface area (TPSA) is 94.9 Å². The summed E-state index contributed by atoms with van der Waals surface area (Å²) in [6, 6.07) is 3.82. The third-order valence-corrected chi connectivity index (χ3v) is 5.33. The van der Waals surface area contributed by atoms with Crippen LogP contribution in [0.3, 0.4) is 0 Å². The van der Waals surface area contributed by atoms with E-state index in [2.05, 4.69) is 15.9 Å². The zero-order chi connectivity index (χ0) is 16.4. The quantitative estimate of drug-likeness (QED) is 0.787. The van der Waals surface area contributed by atoms with Crippen LogP contribution in [0.1, 0.15) is 31.1 Å². The first-order valence-electron chi connectivity index (χ1n) is 6.24. The molecule has 0 aromatic heterocycles. The van der Waals surface area contributed by atoms with Gasteiger partial charge in [0.15, 0.2) is 0 Å². The number of hydrogen-bond donors (Lipinski definition) is 2. The van der Waals surface area contributed by atoms with Gasteiger partial charge in [-0.15, -0.1) is 0 Å². The van der Waals surface area contributed by atoms with Crippen LogP contribution in [-0.4, -0.2) is 47.6 Å². The summed E-state index contributed by atoms with van der Waals surface area (Å²) in [6.45, 7) is 4.76. The van der Waals surface area contributed by atoms with Gasteiger partial charge in [-0.05, 0) is 48.0 Å². The van der Waals surface area contributed by atoms with E-state index in [1.54, 1.807) is 6.92 Å². The molecule has 0 amide bonds. The summed E-state index contributed by atoms with van der Waals surface area (Å²) in [5, 5.41) is 18.9. The highest BCUT2D eigenvalue weighted by Gasteiger charge is 2.29. The van der Waals surface area contributed by atoms with E-state index >= 15 is 0 Å². The largest absolute Gasteiger partial charge is 0.478 e. The normalized spacial score (nSPS) is 12.7. The Labute approximate surface area is 132 Å². The third kappa shape index (κ3) is 4.50. The first-order valence-corrected chi connectivity index (χ1v) is 8.47. The number of sulfonamides is 1. The van der Waals surface area contributed by atoms with E-state index in [4.69, 9.17) is 5.11 Å². The maximum Gasteiger partial charge on any atom is 0.336 e. The van der Waals surface area contributed by atoms with Crippen molar-refractivity contribution in [2.24, 2.45) is 0 Å². The van der Waals surface area contributed by atoms with Crippen molar-refractivity contribution >= 4 is 31.9 Å². The van der Waals surface area contributed by atoms with Crippen molar-refractivity contribution in [2.45, 2.75) is 31.3 Å². The van der Waals surface area contributed by atoms with Gasteiger partial charge in [0.1, 0.15) is 0 Å². The van der Waals surface area contributed by atoms with Gasteiger partial charge in [-0.25, -0.2) is 13.2 Å². The SMILES string of the molecule is CCN(CC(C)(C)O)S(=O)(=O)c1ccc(Br)c(C(=O)O)c1. The highest BCUT2D eigenvalue weighted by molar-refractivity contribution is 9.10. The van der Waals surface area contributed by atoms with Crippen LogP contribution >= 0.6 is 15.9 Å². The molecule has 118 valence electrons. The minimum atomic E-state index is -3.87. The minimum Gasteiger partial charge on any atom is -0.478 e. The van der Waals surface area contributed by atoms with Crippen molar-refractivity contribution in [3.63, 3.8) is 0 Å². The third-order valence-electron chi connectivity index (χ3n) is 2.72. The molecule has 0 aliphatic carbocycles. The number of nitrogens with zero attached hydrogens (tertiary/aromatic N) is 1. The Bertz CT molecular complexity index is 636. The van der Waals surface area contributed by atoms with Crippen LogP contribution in [0, 0.1) is 0 Å². The summed E-state index contributed by atoms with van der Waals surface area (Å²) in [5.41, 5.74) is -1.32. The number of aliphatic hydroxyl groups is 1. The lowest BCUT2D eigenvalue weighted by Gasteiger charge is -2.27. The Morgan fingerprint density at radius 2 is 1.95 bits per heavy atom. The van der Waals surface area contributed by atoms with Gasteiger partial charge in [-0.3, -0.25) is 0 Å². The number of rotatable bonds is 6. The zero-order valence-electron chi connectivity index (χ0n) is 12.0. The van der Waals surface area contributed by atoms with Gasteiger partial charge in [0.2, 0.25) is 10.0 Å². The van der Waals surface area contributed by atoms with Crippen molar-refractivity contribution < 1.29 is 23.4 Å². The van der Waals surface area contributed by atoms with E-state index in [0.717, 1.165) is 10.4 Å². The summed E-state index contributed by atoms with van der Waals surface area (Å²) in [7, 11) is -3.87. The fraction of sp³-hybridized carbons (Fsp3) is 0.462. The first-order chi connectivity index (χ1) is 9.49. The Morgan fingerprint density at radius 1 is 1.38 bits per heavy atom. The number of carboxylic acids is 1. The number of carbonyl (C=O) groups is 1. The van der Waals surface area contributed by atoms with Crippen molar-refractivity contribution in [1.29, 1.82) is 0 Å². The number of carboxylic acid groups (broad SMARTS) is 1. The Morgan fingerprint density at radius 3 is 2.38 bits per heavy atom. The van der Waals surface area contributed by atoms with Gasteiger partial charge in [0.05, 0.1) is 16.1 Å². The van der Waals surface area contributed by atoms with Crippen LogP contribution in [0.15, 0.2) is 27.6 Å². The lowest BCUT2D eigenvalue weighted by molar-refractivity contribution is 0.0600. The molecule has 0 heterocycles. The van der Waals surface area contributed by atoms with E-state index < -0.39 is 21.6 Å². The fourth-order valence-electron chi connectivity index (χ4n) is 1.78. The summed E-state index contributed by atoms with van der Waals surface area (Å²) in [6.07, 6.45) is 0. The number of halogens is 1. The lowest BCUT2D eigenvalue weighted by Crippen LogP contribution is -2.42. The van der Waals surface area contributed by atoms with Gasteiger partial charge in [0.25, 0.3) is 0 Å². The molecule has 0 saturated carbocycles. The molecule has 2 N–H and O–H groups in total. The zero-order valence-corrected chi connectivity index (χ0v) is 14.4. The van der Waals surface area contributed by atoms with E-state index in [9.17, 15) is 18.3 Å². The van der Waals surface area contributed by atoms with Crippen LogP contribution < -0.4 is 0 Å². The average Bonchev–Trinajstić information content (AvgIpc) is 2.34. The minimum absolute atomic E-state index is 0.0791. The van der Waals surface area contributed by atoms with Gasteiger partial charge in [-0.2, -0.15) is 4.31 Å². The molecule has 0 unspecified atom stereocenters. The predicted octanol–water partition coefficient (Wildman–Crippen LogP) is 1.93. The first kappa shape index (κ1) is 18.1. The second-order valence-electron chi connectivity index (χ2n) is 5.19. The molecule has 21 heavy (non-hydrogen) atoms. The highest BCUT2D eigenvalue weighted by Crippen LogP contribution is 2.24. The average molecular weight is 380 g/mol. The molecule has 1 aromatic carbocycles. The van der Waals surface area contributed by atoms with E-state index in [1.807, 2.05) is 0 Å². The Balaban J connectivity index is 3.29. The molecule has 0 saturated heterocycles. The van der Waals surface area contributed by atoms with Crippen LogP contribution in [0.4, 0.5) is 0 Å². The standard InChI is InChI=1S/C13H18BrNO5S/c1-4-15(8-13(2,3)18)21(19,20)9-5-6-11(14)10(7-9)12(16)17/h5-7,18H,4,8H2,1-3H3,(H,16,17). The molecular weight excluding hydrogens is 362 g/mol. The summed E-state index contributed by atoms with van der Waals surface area (Å²) in [4.78, 5) is 11.0. The summed E-state index contributed by atoms with van der Waals surface area (Å²) >= 11 is 3.07. The number of aromatic carboxylic acids is 1.